The topological polar surface area (TPSA) is 59.6 Å². The zero-order chi connectivity index (χ0) is 19.0. The summed E-state index contributed by atoms with van der Waals surface area (Å²) in [5, 5.41) is 18.0. The second kappa shape index (κ2) is 6.28. The van der Waals surface area contributed by atoms with Crippen LogP contribution in [0, 0.1) is 69.2 Å². The summed E-state index contributed by atoms with van der Waals surface area (Å²) in [6, 6.07) is 1.66. The lowest BCUT2D eigenvalue weighted by Gasteiger charge is -2.13. The van der Waals surface area contributed by atoms with Crippen molar-refractivity contribution in [2.75, 3.05) is 5.32 Å². The number of hydrogen-bond donors (Lipinski definition) is 1. The predicted octanol–water partition coefficient (Wildman–Crippen LogP) is 4.29. The van der Waals surface area contributed by atoms with Gasteiger partial charge in [0.1, 0.15) is 34.6 Å². The van der Waals surface area contributed by atoms with Crippen LogP contribution in [0.4, 0.5) is 46.5 Å². The molecule has 2 aromatic rings. The van der Waals surface area contributed by atoms with Crippen molar-refractivity contribution in [2.45, 2.75) is 0 Å². The fraction of sp³-hybridized carbons (Fsp3) is 0. The molecule has 0 bridgehead atoms. The van der Waals surface area contributed by atoms with Gasteiger partial charge in [-0.1, -0.05) is 0 Å². The zero-order valence-corrected chi connectivity index (χ0v) is 11.4. The van der Waals surface area contributed by atoms with Crippen molar-refractivity contribution in [3.8, 4) is 12.1 Å². The van der Waals surface area contributed by atoms with Crippen LogP contribution in [0.1, 0.15) is 11.1 Å². The first kappa shape index (κ1) is 18.0. The number of hydrogen-bond acceptors (Lipinski definition) is 3. The summed E-state index contributed by atoms with van der Waals surface area (Å²) in [6.45, 7) is 0. The molecule has 0 fully saturated rings. The van der Waals surface area contributed by atoms with E-state index in [1.165, 1.54) is 0 Å². The van der Waals surface area contributed by atoms with Crippen molar-refractivity contribution in [3.05, 3.63) is 57.7 Å². The molecule has 0 amide bonds. The molecule has 0 aliphatic carbocycles. The summed E-state index contributed by atoms with van der Waals surface area (Å²) in [4.78, 5) is 0. The van der Waals surface area contributed by atoms with Crippen LogP contribution in [-0.4, -0.2) is 0 Å². The molecule has 2 aromatic carbocycles. The van der Waals surface area contributed by atoms with Gasteiger partial charge >= 0.3 is 0 Å². The molecule has 0 aromatic heterocycles. The largest absolute Gasteiger partial charge is 0.346 e. The fourth-order valence-corrected chi connectivity index (χ4v) is 1.80. The molecule has 0 aliphatic rings. The van der Waals surface area contributed by atoms with E-state index in [4.69, 9.17) is 10.5 Å². The van der Waals surface area contributed by atoms with E-state index in [1.54, 1.807) is 0 Å². The molecule has 0 radical (unpaired) electrons. The molecule has 128 valence electrons. The maximum absolute atomic E-state index is 13.7. The van der Waals surface area contributed by atoms with E-state index in [0.29, 0.717) is 0 Å². The quantitative estimate of drug-likeness (QED) is 0.640. The molecule has 2 rings (SSSR count). The van der Waals surface area contributed by atoms with Gasteiger partial charge in [0, 0.05) is 0 Å². The summed E-state index contributed by atoms with van der Waals surface area (Å²) in [7, 11) is 0. The first-order valence-electron chi connectivity index (χ1n) is 5.96. The van der Waals surface area contributed by atoms with Crippen LogP contribution in [-0.2, 0) is 0 Å². The molecule has 25 heavy (non-hydrogen) atoms. The van der Waals surface area contributed by atoms with E-state index in [2.05, 4.69) is 0 Å². The Labute approximate surface area is 133 Å². The number of benzene rings is 2. The van der Waals surface area contributed by atoms with Crippen molar-refractivity contribution in [1.29, 1.82) is 10.5 Å². The lowest BCUT2D eigenvalue weighted by atomic mass is 10.1. The highest BCUT2D eigenvalue weighted by Crippen LogP contribution is 2.34. The van der Waals surface area contributed by atoms with E-state index >= 15 is 0 Å². The first-order valence-corrected chi connectivity index (χ1v) is 5.96. The Hall–Kier alpha value is -3.34. The number of nitriles is 2. The van der Waals surface area contributed by atoms with Gasteiger partial charge in [-0.3, -0.25) is 0 Å². The minimum absolute atomic E-state index is 0.830. The van der Waals surface area contributed by atoms with Crippen LogP contribution in [0.2, 0.25) is 0 Å². The SMILES string of the molecule is N#Cc1c(F)c(F)c(Nc2c(F)c(F)c(C#N)c(F)c2F)c(F)c1F. The molecule has 0 aliphatic heterocycles. The average molecular weight is 363 g/mol. The Kier molecular flexibility index (Phi) is 4.52. The van der Waals surface area contributed by atoms with Gasteiger partial charge in [0.15, 0.2) is 46.5 Å². The Morgan fingerprint density at radius 2 is 0.720 bits per heavy atom. The third-order valence-electron chi connectivity index (χ3n) is 3.00. The van der Waals surface area contributed by atoms with Crippen LogP contribution >= 0.6 is 0 Å². The Bertz CT molecular complexity index is 850. The van der Waals surface area contributed by atoms with Crippen molar-refractivity contribution in [2.24, 2.45) is 0 Å². The molecule has 0 saturated heterocycles. The van der Waals surface area contributed by atoms with Crippen molar-refractivity contribution in [3.63, 3.8) is 0 Å². The molecule has 0 atom stereocenters. The van der Waals surface area contributed by atoms with Crippen molar-refractivity contribution in [1.82, 2.24) is 0 Å². The second-order valence-corrected chi connectivity index (χ2v) is 4.36. The van der Waals surface area contributed by atoms with Gasteiger partial charge in [0.25, 0.3) is 0 Å². The number of anilines is 2. The smallest absolute Gasteiger partial charge is 0.186 e. The van der Waals surface area contributed by atoms with Gasteiger partial charge in [0.05, 0.1) is 0 Å². The summed E-state index contributed by atoms with van der Waals surface area (Å²) in [5.74, 6) is -17.8. The second-order valence-electron chi connectivity index (χ2n) is 4.36. The molecular weight excluding hydrogens is 362 g/mol. The number of nitrogens with one attached hydrogen (secondary N) is 1. The maximum atomic E-state index is 13.7. The normalized spacial score (nSPS) is 10.3. The van der Waals surface area contributed by atoms with Gasteiger partial charge in [-0.15, -0.1) is 0 Å². The maximum Gasteiger partial charge on any atom is 0.186 e. The highest BCUT2D eigenvalue weighted by molar-refractivity contribution is 5.65. The molecule has 1 N–H and O–H groups in total. The molecule has 0 unspecified atom stereocenters. The third kappa shape index (κ3) is 2.59. The van der Waals surface area contributed by atoms with E-state index in [1.807, 2.05) is 0 Å². The first-order chi connectivity index (χ1) is 11.7. The van der Waals surface area contributed by atoms with Crippen LogP contribution < -0.4 is 5.32 Å². The highest BCUT2D eigenvalue weighted by Gasteiger charge is 2.30. The lowest BCUT2D eigenvalue weighted by Crippen LogP contribution is -2.11. The molecular formula is C14HF8N3. The van der Waals surface area contributed by atoms with Gasteiger partial charge in [-0.05, 0) is 0 Å². The standard InChI is InChI=1S/C14HF8N3/c15-5-3(1-23)6(16)10(20)13(9(5)19)25-14-11(21)7(17)4(2-24)8(18)12(14)22/h25H. The average Bonchev–Trinajstić information content (AvgIpc) is 2.59. The Morgan fingerprint density at radius 3 is 0.920 bits per heavy atom. The molecule has 0 spiro atoms. The molecule has 3 nitrogen and oxygen atoms in total. The van der Waals surface area contributed by atoms with Crippen molar-refractivity contribution >= 4 is 11.4 Å². The Morgan fingerprint density at radius 1 is 0.480 bits per heavy atom. The van der Waals surface area contributed by atoms with Crippen molar-refractivity contribution < 1.29 is 35.1 Å². The molecule has 11 heteroatoms. The van der Waals surface area contributed by atoms with E-state index < -0.39 is 69.0 Å². The van der Waals surface area contributed by atoms with E-state index in [9.17, 15) is 35.1 Å². The number of rotatable bonds is 2. The molecule has 0 heterocycles. The van der Waals surface area contributed by atoms with Gasteiger partial charge in [0.2, 0.25) is 0 Å². The highest BCUT2D eigenvalue weighted by atomic mass is 19.2. The Balaban J connectivity index is 2.76. The fourth-order valence-electron chi connectivity index (χ4n) is 1.80. The van der Waals surface area contributed by atoms with E-state index in [0.717, 1.165) is 17.5 Å². The third-order valence-corrected chi connectivity index (χ3v) is 3.00. The summed E-state index contributed by atoms with van der Waals surface area (Å²) in [6.07, 6.45) is 0. The van der Waals surface area contributed by atoms with Gasteiger partial charge < -0.3 is 5.32 Å². The number of halogens is 8. The van der Waals surface area contributed by atoms with Gasteiger partial charge in [-0.2, -0.15) is 10.5 Å². The monoisotopic (exact) mass is 363 g/mol. The predicted molar refractivity (Wildman–Crippen MR) is 65.3 cm³/mol. The van der Waals surface area contributed by atoms with E-state index in [-0.39, 0.29) is 0 Å². The minimum Gasteiger partial charge on any atom is -0.346 e. The molecule has 0 saturated carbocycles. The lowest BCUT2D eigenvalue weighted by molar-refractivity contribution is 0.448. The number of nitrogens with zero attached hydrogens (tertiary/aromatic N) is 2. The van der Waals surface area contributed by atoms with Crippen LogP contribution in [0.25, 0.3) is 0 Å². The summed E-state index contributed by atoms with van der Waals surface area (Å²) in [5.41, 5.74) is -6.98. The van der Waals surface area contributed by atoms with Crippen LogP contribution in [0.15, 0.2) is 0 Å². The zero-order valence-electron chi connectivity index (χ0n) is 11.4. The summed E-state index contributed by atoms with van der Waals surface area (Å²) < 4.78 is 109. The van der Waals surface area contributed by atoms with Crippen LogP contribution in [0.3, 0.4) is 0 Å². The minimum atomic E-state index is -2.26. The van der Waals surface area contributed by atoms with Crippen LogP contribution in [0.5, 0.6) is 0 Å². The van der Waals surface area contributed by atoms with Gasteiger partial charge in [-0.25, -0.2) is 35.1 Å². The summed E-state index contributed by atoms with van der Waals surface area (Å²) >= 11 is 0.